The van der Waals surface area contributed by atoms with E-state index in [4.69, 9.17) is 4.74 Å². The Kier molecular flexibility index (Phi) is 3.24. The van der Waals surface area contributed by atoms with Crippen LogP contribution in [-0.4, -0.2) is 37.1 Å². The molecule has 2 saturated heterocycles. The second-order valence-electron chi connectivity index (χ2n) is 5.62. The van der Waals surface area contributed by atoms with Crippen molar-refractivity contribution in [3.63, 3.8) is 0 Å². The fraction of sp³-hybridized carbons (Fsp3) is 0.846. The van der Waals surface area contributed by atoms with E-state index in [2.05, 4.69) is 10.6 Å². The second-order valence-corrected chi connectivity index (χ2v) is 5.62. The molecule has 0 bridgehead atoms. The van der Waals surface area contributed by atoms with Gasteiger partial charge in [0.2, 0.25) is 11.8 Å². The Labute approximate surface area is 107 Å². The highest BCUT2D eigenvalue weighted by molar-refractivity contribution is 5.83. The SMILES string of the molecule is O=C1CCC(C(=O)NC2CCOC2C2CC2)CN1. The van der Waals surface area contributed by atoms with Crippen LogP contribution >= 0.6 is 0 Å². The van der Waals surface area contributed by atoms with E-state index in [1.807, 2.05) is 0 Å². The Morgan fingerprint density at radius 3 is 2.78 bits per heavy atom. The highest BCUT2D eigenvalue weighted by atomic mass is 16.5. The molecule has 0 aromatic rings. The van der Waals surface area contributed by atoms with Gasteiger partial charge in [-0.25, -0.2) is 0 Å². The quantitative estimate of drug-likeness (QED) is 0.754. The van der Waals surface area contributed by atoms with Crippen LogP contribution < -0.4 is 10.6 Å². The molecule has 5 nitrogen and oxygen atoms in total. The smallest absolute Gasteiger partial charge is 0.225 e. The molecule has 3 unspecified atom stereocenters. The van der Waals surface area contributed by atoms with Crippen LogP contribution in [0.25, 0.3) is 0 Å². The summed E-state index contributed by atoms with van der Waals surface area (Å²) in [6, 6.07) is 0.183. The van der Waals surface area contributed by atoms with Crippen LogP contribution in [0.3, 0.4) is 0 Å². The number of nitrogens with one attached hydrogen (secondary N) is 2. The predicted molar refractivity (Wildman–Crippen MR) is 64.7 cm³/mol. The molecule has 3 fully saturated rings. The number of carbonyl (C=O) groups is 2. The number of hydrogen-bond donors (Lipinski definition) is 2. The second kappa shape index (κ2) is 4.88. The van der Waals surface area contributed by atoms with Crippen molar-refractivity contribution >= 4 is 11.8 Å². The predicted octanol–water partition coefficient (Wildman–Crippen LogP) is 0.196. The normalized spacial score (nSPS) is 36.2. The molecule has 2 amide bonds. The molecule has 0 radical (unpaired) electrons. The molecule has 1 aliphatic carbocycles. The van der Waals surface area contributed by atoms with Gasteiger partial charge in [0.25, 0.3) is 0 Å². The Morgan fingerprint density at radius 1 is 1.28 bits per heavy atom. The molecular formula is C13H20N2O3. The van der Waals surface area contributed by atoms with Crippen molar-refractivity contribution in [3.8, 4) is 0 Å². The van der Waals surface area contributed by atoms with E-state index in [0.717, 1.165) is 13.0 Å². The Balaban J connectivity index is 1.52. The van der Waals surface area contributed by atoms with Crippen LogP contribution in [0.4, 0.5) is 0 Å². The molecule has 0 aromatic heterocycles. The monoisotopic (exact) mass is 252 g/mol. The number of carbonyl (C=O) groups excluding carboxylic acids is 2. The minimum atomic E-state index is -0.0665. The van der Waals surface area contributed by atoms with Crippen molar-refractivity contribution < 1.29 is 14.3 Å². The maximum absolute atomic E-state index is 12.1. The van der Waals surface area contributed by atoms with E-state index in [1.54, 1.807) is 0 Å². The highest BCUT2D eigenvalue weighted by Crippen LogP contribution is 2.38. The highest BCUT2D eigenvalue weighted by Gasteiger charge is 2.41. The fourth-order valence-corrected chi connectivity index (χ4v) is 2.91. The summed E-state index contributed by atoms with van der Waals surface area (Å²) < 4.78 is 5.71. The van der Waals surface area contributed by atoms with Gasteiger partial charge >= 0.3 is 0 Å². The molecule has 5 heteroatoms. The van der Waals surface area contributed by atoms with Gasteiger partial charge in [0.05, 0.1) is 18.1 Å². The van der Waals surface area contributed by atoms with E-state index < -0.39 is 0 Å². The molecule has 18 heavy (non-hydrogen) atoms. The standard InChI is InChI=1S/C13H20N2O3/c16-11-4-3-9(7-14-11)13(17)15-10-5-6-18-12(10)8-1-2-8/h8-10,12H,1-7H2,(H,14,16)(H,15,17). The van der Waals surface area contributed by atoms with Crippen molar-refractivity contribution in [2.24, 2.45) is 11.8 Å². The van der Waals surface area contributed by atoms with Crippen molar-refractivity contribution in [3.05, 3.63) is 0 Å². The van der Waals surface area contributed by atoms with E-state index in [-0.39, 0.29) is 29.9 Å². The van der Waals surface area contributed by atoms with Gasteiger partial charge in [-0.15, -0.1) is 0 Å². The van der Waals surface area contributed by atoms with Crippen molar-refractivity contribution in [1.29, 1.82) is 0 Å². The first-order valence-corrected chi connectivity index (χ1v) is 6.92. The molecular weight excluding hydrogens is 232 g/mol. The van der Waals surface area contributed by atoms with Gasteiger partial charge in [-0.2, -0.15) is 0 Å². The molecule has 100 valence electrons. The summed E-state index contributed by atoms with van der Waals surface area (Å²) in [5, 5.41) is 5.87. The van der Waals surface area contributed by atoms with Gasteiger partial charge < -0.3 is 15.4 Å². The summed E-state index contributed by atoms with van der Waals surface area (Å²) >= 11 is 0. The number of piperidine rings is 1. The lowest BCUT2D eigenvalue weighted by Crippen LogP contribution is -2.48. The van der Waals surface area contributed by atoms with E-state index in [0.29, 0.717) is 25.3 Å². The summed E-state index contributed by atoms with van der Waals surface area (Å²) in [4.78, 5) is 23.2. The lowest BCUT2D eigenvalue weighted by molar-refractivity contribution is -0.129. The van der Waals surface area contributed by atoms with Crippen LogP contribution in [0.15, 0.2) is 0 Å². The Bertz CT molecular complexity index is 344. The average molecular weight is 252 g/mol. The summed E-state index contributed by atoms with van der Waals surface area (Å²) in [7, 11) is 0. The first kappa shape index (κ1) is 12.0. The number of rotatable bonds is 3. The summed E-state index contributed by atoms with van der Waals surface area (Å²) in [5.74, 6) is 0.724. The minimum absolute atomic E-state index is 0.0547. The first-order chi connectivity index (χ1) is 8.74. The van der Waals surface area contributed by atoms with Crippen molar-refractivity contribution in [1.82, 2.24) is 10.6 Å². The molecule has 3 aliphatic rings. The van der Waals surface area contributed by atoms with Crippen LogP contribution in [0.2, 0.25) is 0 Å². The summed E-state index contributed by atoms with van der Waals surface area (Å²) in [6.07, 6.45) is 4.75. The van der Waals surface area contributed by atoms with Gasteiger partial charge in [-0.1, -0.05) is 0 Å². The topological polar surface area (TPSA) is 67.4 Å². The van der Waals surface area contributed by atoms with E-state index in [9.17, 15) is 9.59 Å². The fourth-order valence-electron chi connectivity index (χ4n) is 2.91. The third-order valence-corrected chi connectivity index (χ3v) is 4.19. The van der Waals surface area contributed by atoms with Crippen LogP contribution in [0, 0.1) is 11.8 Å². The van der Waals surface area contributed by atoms with Crippen molar-refractivity contribution in [2.75, 3.05) is 13.2 Å². The molecule has 0 spiro atoms. The molecule has 2 N–H and O–H groups in total. The van der Waals surface area contributed by atoms with Crippen molar-refractivity contribution in [2.45, 2.75) is 44.2 Å². The number of ether oxygens (including phenoxy) is 1. The molecule has 1 saturated carbocycles. The Hall–Kier alpha value is -1.10. The lowest BCUT2D eigenvalue weighted by atomic mass is 9.97. The average Bonchev–Trinajstić information content (AvgIpc) is 3.11. The van der Waals surface area contributed by atoms with E-state index in [1.165, 1.54) is 12.8 Å². The molecule has 0 aromatic carbocycles. The first-order valence-electron chi connectivity index (χ1n) is 6.92. The summed E-state index contributed by atoms with van der Waals surface area (Å²) in [5.41, 5.74) is 0. The van der Waals surface area contributed by atoms with Crippen LogP contribution in [0.5, 0.6) is 0 Å². The zero-order valence-corrected chi connectivity index (χ0v) is 10.5. The van der Waals surface area contributed by atoms with Gasteiger partial charge in [0.1, 0.15) is 0 Å². The van der Waals surface area contributed by atoms with Gasteiger partial charge in [-0.05, 0) is 31.6 Å². The Morgan fingerprint density at radius 2 is 2.11 bits per heavy atom. The molecule has 3 rings (SSSR count). The van der Waals surface area contributed by atoms with Gasteiger partial charge in [-0.3, -0.25) is 9.59 Å². The summed E-state index contributed by atoms with van der Waals surface area (Å²) in [6.45, 7) is 1.24. The molecule has 2 aliphatic heterocycles. The maximum atomic E-state index is 12.1. The third kappa shape index (κ3) is 2.51. The van der Waals surface area contributed by atoms with E-state index >= 15 is 0 Å². The van der Waals surface area contributed by atoms with Crippen LogP contribution in [-0.2, 0) is 14.3 Å². The molecule has 3 atom stereocenters. The number of amides is 2. The van der Waals surface area contributed by atoms with Gasteiger partial charge in [0.15, 0.2) is 0 Å². The maximum Gasteiger partial charge on any atom is 0.225 e. The largest absolute Gasteiger partial charge is 0.376 e. The van der Waals surface area contributed by atoms with Crippen LogP contribution in [0.1, 0.15) is 32.1 Å². The zero-order valence-electron chi connectivity index (χ0n) is 10.5. The number of hydrogen-bond acceptors (Lipinski definition) is 3. The third-order valence-electron chi connectivity index (χ3n) is 4.19. The lowest BCUT2D eigenvalue weighted by Gasteiger charge is -2.25. The molecule has 2 heterocycles. The van der Waals surface area contributed by atoms with Gasteiger partial charge in [0, 0.05) is 19.6 Å². The minimum Gasteiger partial charge on any atom is -0.376 e. The zero-order chi connectivity index (χ0) is 12.5.